The number of ether oxygens (including phenoxy) is 2. The van der Waals surface area contributed by atoms with E-state index in [1.54, 1.807) is 0 Å². The lowest BCUT2D eigenvalue weighted by molar-refractivity contribution is -0.0977. The first-order valence-corrected chi connectivity index (χ1v) is 10.6. The van der Waals surface area contributed by atoms with Crippen LogP contribution >= 0.6 is 0 Å². The molecule has 0 unspecified atom stereocenters. The summed E-state index contributed by atoms with van der Waals surface area (Å²) in [6.07, 6.45) is 6.76. The number of hydrogen-bond acceptors (Lipinski definition) is 3. The SMILES string of the molecule is CCn1c(C)cc(C(=O)N2CC[C@]3(OC)CC[C@H](OCC4CC4)C[C@H]23)c1C. The fraction of sp³-hybridized carbons (Fsp3) is 0.773. The Balaban J connectivity index is 1.54. The highest BCUT2D eigenvalue weighted by molar-refractivity contribution is 5.96. The van der Waals surface area contributed by atoms with Gasteiger partial charge in [0.2, 0.25) is 0 Å². The van der Waals surface area contributed by atoms with Crippen molar-refractivity contribution in [1.82, 2.24) is 9.47 Å². The molecule has 2 heterocycles. The number of amides is 1. The fourth-order valence-electron chi connectivity index (χ4n) is 5.27. The van der Waals surface area contributed by atoms with Crippen molar-refractivity contribution in [3.8, 4) is 0 Å². The maximum atomic E-state index is 13.5. The zero-order valence-electron chi connectivity index (χ0n) is 17.3. The number of likely N-dealkylation sites (tertiary alicyclic amines) is 1. The van der Waals surface area contributed by atoms with E-state index in [-0.39, 0.29) is 23.7 Å². The third-order valence-electron chi connectivity index (χ3n) is 7.19. The number of rotatable bonds is 6. The molecule has 150 valence electrons. The van der Waals surface area contributed by atoms with Crippen molar-refractivity contribution >= 4 is 5.91 Å². The quantitative estimate of drug-likeness (QED) is 0.762. The maximum Gasteiger partial charge on any atom is 0.256 e. The summed E-state index contributed by atoms with van der Waals surface area (Å²) in [4.78, 5) is 15.5. The Labute approximate surface area is 163 Å². The Kier molecular flexibility index (Phi) is 5.10. The summed E-state index contributed by atoms with van der Waals surface area (Å²) >= 11 is 0. The van der Waals surface area contributed by atoms with Gasteiger partial charge in [-0.05, 0) is 71.3 Å². The van der Waals surface area contributed by atoms with E-state index in [4.69, 9.17) is 9.47 Å². The topological polar surface area (TPSA) is 43.7 Å². The van der Waals surface area contributed by atoms with Gasteiger partial charge >= 0.3 is 0 Å². The Morgan fingerprint density at radius 1 is 1.26 bits per heavy atom. The van der Waals surface area contributed by atoms with Crippen molar-refractivity contribution in [2.75, 3.05) is 20.3 Å². The molecule has 0 bridgehead atoms. The first kappa shape index (κ1) is 19.0. The summed E-state index contributed by atoms with van der Waals surface area (Å²) in [5.41, 5.74) is 2.89. The predicted octanol–water partition coefficient (Wildman–Crippen LogP) is 3.70. The van der Waals surface area contributed by atoms with E-state index in [1.807, 2.05) is 7.11 Å². The molecule has 1 saturated heterocycles. The molecular weight excluding hydrogens is 340 g/mol. The Hall–Kier alpha value is -1.33. The van der Waals surface area contributed by atoms with E-state index < -0.39 is 0 Å². The van der Waals surface area contributed by atoms with Gasteiger partial charge in [-0.1, -0.05) is 0 Å². The first-order valence-electron chi connectivity index (χ1n) is 10.6. The van der Waals surface area contributed by atoms with Gasteiger partial charge in [0.15, 0.2) is 0 Å². The molecule has 2 aliphatic carbocycles. The van der Waals surface area contributed by atoms with Gasteiger partial charge < -0.3 is 18.9 Å². The first-order chi connectivity index (χ1) is 13.0. The van der Waals surface area contributed by atoms with Crippen molar-refractivity contribution < 1.29 is 14.3 Å². The van der Waals surface area contributed by atoms with E-state index in [9.17, 15) is 4.79 Å². The van der Waals surface area contributed by atoms with Crippen LogP contribution in [0.1, 0.15) is 67.2 Å². The van der Waals surface area contributed by atoms with Gasteiger partial charge in [0.05, 0.1) is 23.3 Å². The van der Waals surface area contributed by atoms with Crippen LogP contribution in [-0.2, 0) is 16.0 Å². The third-order valence-corrected chi connectivity index (χ3v) is 7.19. The van der Waals surface area contributed by atoms with Crippen LogP contribution in [0.15, 0.2) is 6.07 Å². The summed E-state index contributed by atoms with van der Waals surface area (Å²) < 4.78 is 14.5. The second-order valence-corrected chi connectivity index (χ2v) is 8.74. The van der Waals surface area contributed by atoms with Gasteiger partial charge in [-0.2, -0.15) is 0 Å². The predicted molar refractivity (Wildman–Crippen MR) is 105 cm³/mol. The molecule has 0 radical (unpaired) electrons. The number of aromatic nitrogens is 1. The zero-order chi connectivity index (χ0) is 19.2. The summed E-state index contributed by atoms with van der Waals surface area (Å²) in [5.74, 6) is 0.939. The van der Waals surface area contributed by atoms with Crippen molar-refractivity contribution in [3.05, 3.63) is 23.0 Å². The second kappa shape index (κ2) is 7.25. The summed E-state index contributed by atoms with van der Waals surface area (Å²) in [7, 11) is 1.81. The molecule has 0 aromatic carbocycles. The number of methoxy groups -OCH3 is 1. The molecule has 1 amide bonds. The molecule has 3 fully saturated rings. The molecule has 5 nitrogen and oxygen atoms in total. The summed E-state index contributed by atoms with van der Waals surface area (Å²) in [6.45, 7) is 8.84. The fourth-order valence-corrected chi connectivity index (χ4v) is 5.27. The van der Waals surface area contributed by atoms with Crippen molar-refractivity contribution in [1.29, 1.82) is 0 Å². The number of carbonyl (C=O) groups is 1. The lowest BCUT2D eigenvalue weighted by Crippen LogP contribution is -2.53. The maximum absolute atomic E-state index is 13.5. The van der Waals surface area contributed by atoms with Gasteiger partial charge in [-0.15, -0.1) is 0 Å². The molecule has 27 heavy (non-hydrogen) atoms. The highest BCUT2D eigenvalue weighted by atomic mass is 16.5. The number of aryl methyl sites for hydroxylation is 1. The zero-order valence-corrected chi connectivity index (χ0v) is 17.3. The molecule has 3 aliphatic rings. The Morgan fingerprint density at radius 2 is 2.04 bits per heavy atom. The molecule has 0 N–H and O–H groups in total. The Bertz CT molecular complexity index is 709. The van der Waals surface area contributed by atoms with Crippen LogP contribution in [0, 0.1) is 19.8 Å². The minimum atomic E-state index is -0.189. The number of nitrogens with zero attached hydrogens (tertiary/aromatic N) is 2. The molecule has 4 rings (SSSR count). The van der Waals surface area contributed by atoms with Crippen molar-refractivity contribution in [2.45, 2.75) is 83.6 Å². The second-order valence-electron chi connectivity index (χ2n) is 8.74. The molecular formula is C22H34N2O3. The van der Waals surface area contributed by atoms with E-state index in [2.05, 4.69) is 36.3 Å². The molecule has 5 heteroatoms. The van der Waals surface area contributed by atoms with Gasteiger partial charge in [0.1, 0.15) is 0 Å². The third kappa shape index (κ3) is 3.33. The van der Waals surface area contributed by atoms with Crippen LogP contribution < -0.4 is 0 Å². The molecule has 1 aliphatic heterocycles. The van der Waals surface area contributed by atoms with Crippen LogP contribution in [0.5, 0.6) is 0 Å². The summed E-state index contributed by atoms with van der Waals surface area (Å²) in [5, 5.41) is 0. The van der Waals surface area contributed by atoms with Gasteiger partial charge in [0, 0.05) is 38.2 Å². The minimum absolute atomic E-state index is 0.123. The lowest BCUT2D eigenvalue weighted by Gasteiger charge is -2.43. The standard InChI is InChI=1S/C22H34N2O3/c1-5-23-15(2)12-19(16(23)3)21(25)24-11-10-22(26-4)9-8-18(13-20(22)24)27-14-17-6-7-17/h12,17-18,20H,5-11,13-14H2,1-4H3/t18-,20-,22+/m0/s1. The normalized spacial score (nSPS) is 30.6. The van der Waals surface area contributed by atoms with Gasteiger partial charge in [0.25, 0.3) is 5.91 Å². The molecule has 2 saturated carbocycles. The summed E-state index contributed by atoms with van der Waals surface area (Å²) in [6, 6.07) is 2.18. The van der Waals surface area contributed by atoms with Crippen molar-refractivity contribution in [2.24, 2.45) is 5.92 Å². The van der Waals surface area contributed by atoms with Crippen LogP contribution in [0.3, 0.4) is 0 Å². The number of fused-ring (bicyclic) bond motifs is 1. The van der Waals surface area contributed by atoms with Crippen LogP contribution in [0.2, 0.25) is 0 Å². The highest BCUT2D eigenvalue weighted by Crippen LogP contribution is 2.44. The lowest BCUT2D eigenvalue weighted by atomic mass is 9.79. The van der Waals surface area contributed by atoms with E-state index >= 15 is 0 Å². The smallest absolute Gasteiger partial charge is 0.256 e. The van der Waals surface area contributed by atoms with Gasteiger partial charge in [-0.3, -0.25) is 4.79 Å². The van der Waals surface area contributed by atoms with Crippen LogP contribution in [0.25, 0.3) is 0 Å². The van der Waals surface area contributed by atoms with Crippen molar-refractivity contribution in [3.63, 3.8) is 0 Å². The minimum Gasteiger partial charge on any atom is -0.378 e. The van der Waals surface area contributed by atoms with Crippen LogP contribution in [0.4, 0.5) is 0 Å². The average Bonchev–Trinajstić information content (AvgIpc) is 3.36. The number of hydrogen-bond donors (Lipinski definition) is 0. The van der Waals surface area contributed by atoms with Gasteiger partial charge in [-0.25, -0.2) is 0 Å². The highest BCUT2D eigenvalue weighted by Gasteiger charge is 2.53. The van der Waals surface area contributed by atoms with E-state index in [0.29, 0.717) is 0 Å². The average molecular weight is 375 g/mol. The molecule has 3 atom stereocenters. The molecule has 0 spiro atoms. The number of carbonyl (C=O) groups excluding carboxylic acids is 1. The molecule has 1 aromatic heterocycles. The molecule has 1 aromatic rings. The van der Waals surface area contributed by atoms with Crippen LogP contribution in [-0.4, -0.2) is 53.4 Å². The van der Waals surface area contributed by atoms with E-state index in [1.165, 1.54) is 12.8 Å². The largest absolute Gasteiger partial charge is 0.378 e. The van der Waals surface area contributed by atoms with E-state index in [0.717, 1.165) is 68.2 Å². The monoisotopic (exact) mass is 374 g/mol. The Morgan fingerprint density at radius 3 is 2.67 bits per heavy atom.